The number of hydrogen-bond acceptors (Lipinski definition) is 4. The third-order valence-electron chi connectivity index (χ3n) is 5.25. The van der Waals surface area contributed by atoms with Gasteiger partial charge in [-0.3, -0.25) is 19.2 Å². The molecule has 4 N–H and O–H groups in total. The van der Waals surface area contributed by atoms with Gasteiger partial charge in [0.25, 0.3) is 11.8 Å². The van der Waals surface area contributed by atoms with E-state index in [4.69, 9.17) is 0 Å². The molecule has 2 aliphatic heterocycles. The van der Waals surface area contributed by atoms with E-state index in [0.29, 0.717) is 35.6 Å². The number of rotatable bonds is 6. The van der Waals surface area contributed by atoms with Crippen LogP contribution in [0.5, 0.6) is 0 Å². The fourth-order valence-corrected chi connectivity index (χ4v) is 3.87. The third-order valence-corrected chi connectivity index (χ3v) is 5.25. The van der Waals surface area contributed by atoms with Crippen molar-refractivity contribution in [1.82, 2.24) is 10.6 Å². The molecule has 0 saturated heterocycles. The largest absolute Gasteiger partial charge is 0.348 e. The molecule has 0 fully saturated rings. The number of amides is 4. The molecule has 0 spiro atoms. The van der Waals surface area contributed by atoms with Crippen molar-refractivity contribution in [2.75, 3.05) is 10.6 Å². The normalized spacial score (nSPS) is 14.1. The first-order chi connectivity index (χ1) is 14.4. The van der Waals surface area contributed by atoms with E-state index in [1.165, 1.54) is 0 Å². The van der Waals surface area contributed by atoms with Gasteiger partial charge >= 0.3 is 0 Å². The number of carbonyl (C=O) groups is 4. The zero-order valence-electron chi connectivity index (χ0n) is 16.5. The van der Waals surface area contributed by atoms with E-state index in [1.54, 1.807) is 24.3 Å². The van der Waals surface area contributed by atoms with Crippen molar-refractivity contribution >= 4 is 35.0 Å². The average molecular weight is 406 g/mol. The first-order valence-electron chi connectivity index (χ1n) is 9.82. The van der Waals surface area contributed by atoms with Crippen LogP contribution < -0.4 is 21.3 Å². The summed E-state index contributed by atoms with van der Waals surface area (Å²) in [6.07, 6.45) is 0.262. The minimum atomic E-state index is -0.261. The Kier molecular flexibility index (Phi) is 5.22. The topological polar surface area (TPSA) is 116 Å². The molecule has 0 saturated carbocycles. The van der Waals surface area contributed by atoms with Crippen molar-refractivity contribution in [3.63, 3.8) is 0 Å². The van der Waals surface area contributed by atoms with Gasteiger partial charge in [0.15, 0.2) is 0 Å². The van der Waals surface area contributed by atoms with Crippen molar-refractivity contribution in [3.8, 4) is 0 Å². The Labute approximate surface area is 173 Å². The Morgan fingerprint density at radius 2 is 1.27 bits per heavy atom. The average Bonchev–Trinajstić information content (AvgIpc) is 3.26. The number of benzene rings is 2. The lowest BCUT2D eigenvalue weighted by atomic mass is 10.0. The maximum atomic E-state index is 12.4. The zero-order chi connectivity index (χ0) is 21.3. The molecular formula is C22H22N4O4. The predicted molar refractivity (Wildman–Crippen MR) is 111 cm³/mol. The molecule has 0 aromatic heterocycles. The number of hydrogen-bond donors (Lipinski definition) is 4. The summed E-state index contributed by atoms with van der Waals surface area (Å²) < 4.78 is 0. The monoisotopic (exact) mass is 406 g/mol. The number of nitrogens with one attached hydrogen (secondary N) is 4. The molecule has 2 heterocycles. The smallest absolute Gasteiger partial charge is 0.254 e. The molecule has 0 aliphatic carbocycles. The third kappa shape index (κ3) is 3.89. The molecule has 154 valence electrons. The highest BCUT2D eigenvalue weighted by atomic mass is 16.2. The van der Waals surface area contributed by atoms with E-state index < -0.39 is 0 Å². The van der Waals surface area contributed by atoms with Crippen LogP contribution in [0.25, 0.3) is 0 Å². The van der Waals surface area contributed by atoms with Gasteiger partial charge < -0.3 is 21.3 Å². The molecule has 4 amide bonds. The van der Waals surface area contributed by atoms with E-state index in [0.717, 1.165) is 11.1 Å². The van der Waals surface area contributed by atoms with Crippen molar-refractivity contribution in [1.29, 1.82) is 0 Å². The van der Waals surface area contributed by atoms with Crippen LogP contribution >= 0.6 is 0 Å². The first-order valence-corrected chi connectivity index (χ1v) is 9.82. The fraction of sp³-hybridized carbons (Fsp3) is 0.273. The van der Waals surface area contributed by atoms with Crippen LogP contribution in [0.1, 0.15) is 51.6 Å². The van der Waals surface area contributed by atoms with E-state index in [9.17, 15) is 19.2 Å². The number of fused-ring (bicyclic) bond motifs is 2. The minimum absolute atomic E-state index is 0.131. The van der Waals surface area contributed by atoms with Crippen molar-refractivity contribution in [2.24, 2.45) is 5.92 Å². The van der Waals surface area contributed by atoms with Crippen LogP contribution in [-0.4, -0.2) is 23.6 Å². The van der Waals surface area contributed by atoms with Gasteiger partial charge in [-0.1, -0.05) is 31.2 Å². The predicted octanol–water partition coefficient (Wildman–Crippen LogP) is 2.17. The second-order valence-electron chi connectivity index (χ2n) is 7.65. The standard InChI is InChI=1S/C22H22N4O4/c1-12(8-17(27)25-15-6-2-4-13-10-23-21(29)19(13)15)9-18(28)26-16-7-3-5-14-11-24-22(30)20(14)16/h2-7,12H,8-11H2,1H3,(H,23,29)(H,24,30)(H,25,27)(H,26,28). The van der Waals surface area contributed by atoms with Gasteiger partial charge in [-0.25, -0.2) is 0 Å². The molecule has 8 nitrogen and oxygen atoms in total. The molecular weight excluding hydrogens is 384 g/mol. The molecule has 0 atom stereocenters. The summed E-state index contributed by atoms with van der Waals surface area (Å²) in [5.74, 6) is -1.14. The van der Waals surface area contributed by atoms with Crippen LogP contribution in [0, 0.1) is 5.92 Å². The van der Waals surface area contributed by atoms with Gasteiger partial charge in [-0.2, -0.15) is 0 Å². The summed E-state index contributed by atoms with van der Waals surface area (Å²) in [7, 11) is 0. The SMILES string of the molecule is CC(CC(=O)Nc1cccc2c1C(=O)NC2)CC(=O)Nc1cccc2c1C(=O)NC2. The quantitative estimate of drug-likeness (QED) is 0.588. The summed E-state index contributed by atoms with van der Waals surface area (Å²) in [6.45, 7) is 2.72. The Bertz CT molecular complexity index is 980. The Hall–Kier alpha value is -3.68. The van der Waals surface area contributed by atoms with Gasteiger partial charge in [0.1, 0.15) is 0 Å². The van der Waals surface area contributed by atoms with Gasteiger partial charge in [0, 0.05) is 25.9 Å². The van der Waals surface area contributed by atoms with E-state index in [-0.39, 0.29) is 42.4 Å². The molecule has 2 aromatic rings. The van der Waals surface area contributed by atoms with Gasteiger partial charge in [0.2, 0.25) is 11.8 Å². The lowest BCUT2D eigenvalue weighted by Gasteiger charge is -2.14. The highest BCUT2D eigenvalue weighted by molar-refractivity contribution is 6.07. The van der Waals surface area contributed by atoms with E-state index >= 15 is 0 Å². The summed E-state index contributed by atoms with van der Waals surface area (Å²) in [6, 6.07) is 10.7. The lowest BCUT2D eigenvalue weighted by Crippen LogP contribution is -2.22. The molecule has 2 aromatic carbocycles. The number of carbonyl (C=O) groups excluding carboxylic acids is 4. The maximum absolute atomic E-state index is 12.4. The second kappa shape index (κ2) is 7.98. The number of anilines is 2. The fourth-order valence-electron chi connectivity index (χ4n) is 3.87. The van der Waals surface area contributed by atoms with E-state index in [1.807, 2.05) is 19.1 Å². The van der Waals surface area contributed by atoms with Gasteiger partial charge in [-0.15, -0.1) is 0 Å². The van der Waals surface area contributed by atoms with Crippen LogP contribution in [-0.2, 0) is 22.7 Å². The highest BCUT2D eigenvalue weighted by Gasteiger charge is 2.25. The summed E-state index contributed by atoms with van der Waals surface area (Å²) in [5, 5.41) is 11.0. The highest BCUT2D eigenvalue weighted by Crippen LogP contribution is 2.26. The molecule has 30 heavy (non-hydrogen) atoms. The van der Waals surface area contributed by atoms with Crippen LogP contribution in [0.15, 0.2) is 36.4 Å². The van der Waals surface area contributed by atoms with Crippen LogP contribution in [0.2, 0.25) is 0 Å². The Morgan fingerprint density at radius 1 is 0.833 bits per heavy atom. The Morgan fingerprint density at radius 3 is 1.70 bits per heavy atom. The minimum Gasteiger partial charge on any atom is -0.348 e. The van der Waals surface area contributed by atoms with Gasteiger partial charge in [0.05, 0.1) is 22.5 Å². The van der Waals surface area contributed by atoms with Crippen molar-refractivity contribution in [2.45, 2.75) is 32.9 Å². The maximum Gasteiger partial charge on any atom is 0.254 e. The second-order valence-corrected chi connectivity index (χ2v) is 7.65. The van der Waals surface area contributed by atoms with E-state index in [2.05, 4.69) is 21.3 Å². The Balaban J connectivity index is 1.34. The molecule has 8 heteroatoms. The first kappa shape index (κ1) is 19.6. The molecule has 0 radical (unpaired) electrons. The molecule has 4 rings (SSSR count). The van der Waals surface area contributed by atoms with Crippen LogP contribution in [0.4, 0.5) is 11.4 Å². The lowest BCUT2D eigenvalue weighted by molar-refractivity contribution is -0.118. The molecule has 2 aliphatic rings. The molecule has 0 unspecified atom stereocenters. The van der Waals surface area contributed by atoms with Crippen LogP contribution in [0.3, 0.4) is 0 Å². The zero-order valence-corrected chi connectivity index (χ0v) is 16.5. The summed E-state index contributed by atoms with van der Waals surface area (Å²) in [5.41, 5.74) is 3.65. The molecule has 0 bridgehead atoms. The summed E-state index contributed by atoms with van der Waals surface area (Å²) in [4.78, 5) is 48.8. The van der Waals surface area contributed by atoms with Crippen molar-refractivity contribution in [3.05, 3.63) is 58.7 Å². The summed E-state index contributed by atoms with van der Waals surface area (Å²) >= 11 is 0. The van der Waals surface area contributed by atoms with Crippen molar-refractivity contribution < 1.29 is 19.2 Å². The van der Waals surface area contributed by atoms with Gasteiger partial charge in [-0.05, 0) is 29.2 Å².